The van der Waals surface area contributed by atoms with Gasteiger partial charge in [0.2, 0.25) is 5.91 Å². The quantitative estimate of drug-likeness (QED) is 0.672. The SMILES string of the molecule is CC(CN1CCOCC1)N(Cc1ccccc1)C(=O)C1CCCN(C(=O)OC(C)(C)C)C1. The van der Waals surface area contributed by atoms with Gasteiger partial charge in [-0.2, -0.15) is 0 Å². The first-order valence-corrected chi connectivity index (χ1v) is 11.9. The summed E-state index contributed by atoms with van der Waals surface area (Å²) in [7, 11) is 0. The summed E-state index contributed by atoms with van der Waals surface area (Å²) < 4.78 is 11.0. The number of hydrogen-bond donors (Lipinski definition) is 0. The third-order valence-electron chi connectivity index (χ3n) is 6.06. The predicted molar refractivity (Wildman–Crippen MR) is 124 cm³/mol. The number of ether oxygens (including phenoxy) is 2. The topological polar surface area (TPSA) is 62.3 Å². The number of morpholine rings is 1. The Kier molecular flexibility index (Phi) is 8.54. The maximum atomic E-state index is 13.7. The van der Waals surface area contributed by atoms with E-state index in [9.17, 15) is 9.59 Å². The van der Waals surface area contributed by atoms with Gasteiger partial charge in [-0.15, -0.1) is 0 Å². The molecule has 2 aliphatic heterocycles. The highest BCUT2D eigenvalue weighted by atomic mass is 16.6. The molecule has 1 aromatic carbocycles. The maximum absolute atomic E-state index is 13.7. The van der Waals surface area contributed by atoms with Crippen molar-refractivity contribution in [2.75, 3.05) is 45.9 Å². The molecule has 0 bridgehead atoms. The lowest BCUT2D eigenvalue weighted by atomic mass is 9.95. The standard InChI is InChI=1S/C25H39N3O4/c1-20(17-26-13-15-31-16-14-26)28(18-21-9-6-5-7-10-21)23(29)22-11-8-12-27(19-22)24(30)32-25(2,3)4/h5-7,9-10,20,22H,8,11-19H2,1-4H3. The van der Waals surface area contributed by atoms with E-state index in [1.54, 1.807) is 4.90 Å². The minimum Gasteiger partial charge on any atom is -0.444 e. The normalized spacial score (nSPS) is 21.1. The van der Waals surface area contributed by atoms with Crippen LogP contribution in [0.5, 0.6) is 0 Å². The summed E-state index contributed by atoms with van der Waals surface area (Å²) in [5.41, 5.74) is 0.578. The van der Waals surface area contributed by atoms with Crippen LogP contribution in [0.25, 0.3) is 0 Å². The molecular weight excluding hydrogens is 406 g/mol. The Labute approximate surface area is 192 Å². The number of hydrogen-bond acceptors (Lipinski definition) is 5. The largest absolute Gasteiger partial charge is 0.444 e. The van der Waals surface area contributed by atoms with Gasteiger partial charge in [-0.25, -0.2) is 4.79 Å². The fourth-order valence-electron chi connectivity index (χ4n) is 4.39. The van der Waals surface area contributed by atoms with Crippen LogP contribution in [0.4, 0.5) is 4.79 Å². The number of carbonyl (C=O) groups is 2. The van der Waals surface area contributed by atoms with Crippen LogP contribution in [0, 0.1) is 5.92 Å². The minimum absolute atomic E-state index is 0.0673. The molecule has 2 aliphatic rings. The van der Waals surface area contributed by atoms with Crippen molar-refractivity contribution in [3.63, 3.8) is 0 Å². The van der Waals surface area contributed by atoms with Crippen LogP contribution in [0.15, 0.2) is 30.3 Å². The molecule has 2 atom stereocenters. The van der Waals surface area contributed by atoms with Gasteiger partial charge in [0.05, 0.1) is 19.1 Å². The molecule has 0 spiro atoms. The van der Waals surface area contributed by atoms with E-state index in [0.29, 0.717) is 19.6 Å². The molecule has 2 amide bonds. The number of rotatable bonds is 6. The van der Waals surface area contributed by atoms with Gasteiger partial charge in [0.25, 0.3) is 0 Å². The van der Waals surface area contributed by atoms with E-state index in [0.717, 1.165) is 51.3 Å². The smallest absolute Gasteiger partial charge is 0.410 e. The molecule has 2 unspecified atom stereocenters. The van der Waals surface area contributed by atoms with Crippen molar-refractivity contribution < 1.29 is 19.1 Å². The first-order chi connectivity index (χ1) is 15.2. The zero-order valence-corrected chi connectivity index (χ0v) is 20.1. The molecule has 32 heavy (non-hydrogen) atoms. The average Bonchev–Trinajstić information content (AvgIpc) is 2.77. The van der Waals surface area contributed by atoms with Gasteiger partial charge in [0, 0.05) is 45.3 Å². The van der Waals surface area contributed by atoms with E-state index in [4.69, 9.17) is 9.47 Å². The Hall–Kier alpha value is -2.12. The van der Waals surface area contributed by atoms with Gasteiger partial charge in [-0.3, -0.25) is 9.69 Å². The fraction of sp³-hybridized carbons (Fsp3) is 0.680. The fourth-order valence-corrected chi connectivity index (χ4v) is 4.39. The summed E-state index contributed by atoms with van der Waals surface area (Å²) in [6.07, 6.45) is 1.28. The molecule has 2 fully saturated rings. The summed E-state index contributed by atoms with van der Waals surface area (Å²) in [4.78, 5) is 32.4. The Morgan fingerprint density at radius 2 is 1.84 bits per heavy atom. The van der Waals surface area contributed by atoms with Crippen LogP contribution in [0.2, 0.25) is 0 Å². The van der Waals surface area contributed by atoms with Crippen LogP contribution >= 0.6 is 0 Å². The molecule has 0 aliphatic carbocycles. The Morgan fingerprint density at radius 1 is 1.16 bits per heavy atom. The Balaban J connectivity index is 1.70. The van der Waals surface area contributed by atoms with E-state index in [1.807, 2.05) is 43.9 Å². The second-order valence-corrected chi connectivity index (χ2v) is 9.98. The lowest BCUT2D eigenvalue weighted by Gasteiger charge is -2.39. The monoisotopic (exact) mass is 445 g/mol. The lowest BCUT2D eigenvalue weighted by Crippen LogP contribution is -2.52. The number of nitrogens with zero attached hydrogens (tertiary/aromatic N) is 3. The van der Waals surface area contributed by atoms with Crippen molar-refractivity contribution in [3.8, 4) is 0 Å². The maximum Gasteiger partial charge on any atom is 0.410 e. The third-order valence-corrected chi connectivity index (χ3v) is 6.06. The van der Waals surface area contributed by atoms with Gasteiger partial charge < -0.3 is 19.3 Å². The Bertz CT molecular complexity index is 743. The number of amides is 2. The molecule has 2 heterocycles. The van der Waals surface area contributed by atoms with Crippen LogP contribution in [0.3, 0.4) is 0 Å². The molecule has 3 rings (SSSR count). The molecule has 0 N–H and O–H groups in total. The number of piperidine rings is 1. The Morgan fingerprint density at radius 3 is 2.50 bits per heavy atom. The summed E-state index contributed by atoms with van der Waals surface area (Å²) in [6.45, 7) is 13.5. The van der Waals surface area contributed by atoms with E-state index < -0.39 is 5.60 Å². The first-order valence-electron chi connectivity index (χ1n) is 11.9. The predicted octanol–water partition coefficient (Wildman–Crippen LogP) is 3.38. The minimum atomic E-state index is -0.542. The molecule has 7 heteroatoms. The van der Waals surface area contributed by atoms with Crippen molar-refractivity contribution in [2.24, 2.45) is 5.92 Å². The number of benzene rings is 1. The highest BCUT2D eigenvalue weighted by Crippen LogP contribution is 2.23. The molecule has 0 radical (unpaired) electrons. The number of carbonyl (C=O) groups excluding carboxylic acids is 2. The molecule has 2 saturated heterocycles. The summed E-state index contributed by atoms with van der Waals surface area (Å²) >= 11 is 0. The second kappa shape index (κ2) is 11.1. The molecule has 0 aromatic heterocycles. The summed E-state index contributed by atoms with van der Waals surface area (Å²) in [6, 6.07) is 10.2. The summed E-state index contributed by atoms with van der Waals surface area (Å²) in [5, 5.41) is 0. The van der Waals surface area contributed by atoms with E-state index >= 15 is 0 Å². The molecule has 0 saturated carbocycles. The zero-order valence-electron chi connectivity index (χ0n) is 20.1. The highest BCUT2D eigenvalue weighted by molar-refractivity contribution is 5.80. The van der Waals surface area contributed by atoms with Crippen LogP contribution in [-0.2, 0) is 20.8 Å². The summed E-state index contributed by atoms with van der Waals surface area (Å²) in [5.74, 6) is -0.0741. The van der Waals surface area contributed by atoms with Crippen molar-refractivity contribution in [3.05, 3.63) is 35.9 Å². The van der Waals surface area contributed by atoms with Gasteiger partial charge >= 0.3 is 6.09 Å². The molecule has 1 aromatic rings. The van der Waals surface area contributed by atoms with E-state index in [1.165, 1.54) is 0 Å². The molecular formula is C25H39N3O4. The average molecular weight is 446 g/mol. The highest BCUT2D eigenvalue weighted by Gasteiger charge is 2.35. The van der Waals surface area contributed by atoms with Crippen LogP contribution in [-0.4, -0.2) is 84.3 Å². The molecule has 7 nitrogen and oxygen atoms in total. The van der Waals surface area contributed by atoms with Gasteiger partial charge in [-0.1, -0.05) is 30.3 Å². The van der Waals surface area contributed by atoms with Gasteiger partial charge in [-0.05, 0) is 46.1 Å². The van der Waals surface area contributed by atoms with Crippen molar-refractivity contribution in [2.45, 2.75) is 58.7 Å². The first kappa shape index (κ1) is 24.5. The van der Waals surface area contributed by atoms with Gasteiger partial charge in [0.1, 0.15) is 5.60 Å². The number of likely N-dealkylation sites (tertiary alicyclic amines) is 1. The van der Waals surface area contributed by atoms with Crippen molar-refractivity contribution in [1.82, 2.24) is 14.7 Å². The lowest BCUT2D eigenvalue weighted by molar-refractivity contribution is -0.140. The van der Waals surface area contributed by atoms with Crippen molar-refractivity contribution >= 4 is 12.0 Å². The second-order valence-electron chi connectivity index (χ2n) is 9.98. The molecule has 178 valence electrons. The van der Waals surface area contributed by atoms with Crippen LogP contribution < -0.4 is 0 Å². The van der Waals surface area contributed by atoms with E-state index in [2.05, 4.69) is 24.0 Å². The van der Waals surface area contributed by atoms with Crippen molar-refractivity contribution in [1.29, 1.82) is 0 Å². The van der Waals surface area contributed by atoms with E-state index in [-0.39, 0.29) is 24.0 Å². The zero-order chi connectivity index (χ0) is 23.1. The van der Waals surface area contributed by atoms with Crippen LogP contribution in [0.1, 0.15) is 46.1 Å². The van der Waals surface area contributed by atoms with Gasteiger partial charge in [0.15, 0.2) is 0 Å². The third kappa shape index (κ3) is 7.20.